The predicted octanol–water partition coefficient (Wildman–Crippen LogP) is 3.18. The van der Waals surface area contributed by atoms with Gasteiger partial charge in [0, 0.05) is 12.6 Å². The number of nitrogens with zero attached hydrogens (tertiary/aromatic N) is 2. The number of benzene rings is 2. The fourth-order valence-corrected chi connectivity index (χ4v) is 3.01. The molecule has 2 atom stereocenters. The zero-order chi connectivity index (χ0) is 16.9. The molecule has 0 unspecified atom stereocenters. The minimum absolute atomic E-state index is 0.0638. The molecule has 0 aliphatic carbocycles. The molecule has 0 amide bonds. The van der Waals surface area contributed by atoms with E-state index in [2.05, 4.69) is 46.9 Å². The van der Waals surface area contributed by atoms with Crippen LogP contribution in [-0.2, 0) is 6.42 Å². The summed E-state index contributed by atoms with van der Waals surface area (Å²) in [5, 5.41) is 14.2. The minimum Gasteiger partial charge on any atom is -0.390 e. The molecular formula is C20H25N3O. The highest BCUT2D eigenvalue weighted by molar-refractivity contribution is 5.75. The smallest absolute Gasteiger partial charge is 0.0961 e. The van der Waals surface area contributed by atoms with Gasteiger partial charge in [0.25, 0.3) is 0 Å². The van der Waals surface area contributed by atoms with Crippen LogP contribution in [0.25, 0.3) is 11.0 Å². The van der Waals surface area contributed by atoms with E-state index in [1.54, 1.807) is 0 Å². The molecule has 2 N–H and O–H groups in total. The van der Waals surface area contributed by atoms with Gasteiger partial charge in [0.1, 0.15) is 0 Å². The number of hydrogen-bond acceptors (Lipinski definition) is 3. The van der Waals surface area contributed by atoms with E-state index in [9.17, 15) is 5.11 Å². The topological polar surface area (TPSA) is 50.1 Å². The molecule has 0 spiro atoms. The fraction of sp³-hybridized carbons (Fsp3) is 0.350. The van der Waals surface area contributed by atoms with Gasteiger partial charge in [-0.15, -0.1) is 0 Å². The Bertz CT molecular complexity index is 767. The number of aliphatic hydroxyl groups excluding tert-OH is 1. The number of hydrogen-bond donors (Lipinski definition) is 2. The first-order chi connectivity index (χ1) is 11.6. The molecule has 0 radical (unpaired) electrons. The lowest BCUT2D eigenvalue weighted by molar-refractivity contribution is 0.110. The second-order valence-corrected chi connectivity index (χ2v) is 6.53. The van der Waals surface area contributed by atoms with Crippen molar-refractivity contribution in [3.05, 3.63) is 66.5 Å². The molecule has 0 aliphatic heterocycles. The summed E-state index contributed by atoms with van der Waals surface area (Å²) < 4.78 is 2.11. The summed E-state index contributed by atoms with van der Waals surface area (Å²) in [7, 11) is 0. The standard InChI is InChI=1S/C20H25N3O/c1-15(2)21-13-20(24)19(12-16-8-4-3-5-9-16)23-14-22-17-10-6-7-11-18(17)23/h3-11,14-15,19-21,24H,12-13H2,1-2H3/t19-,20+/m0/s1. The maximum absolute atomic E-state index is 10.8. The van der Waals surface area contributed by atoms with Crippen molar-refractivity contribution < 1.29 is 5.11 Å². The first-order valence-electron chi connectivity index (χ1n) is 8.52. The predicted molar refractivity (Wildman–Crippen MR) is 98.1 cm³/mol. The van der Waals surface area contributed by atoms with Crippen molar-refractivity contribution in [1.29, 1.82) is 0 Å². The molecule has 3 aromatic rings. The van der Waals surface area contributed by atoms with Gasteiger partial charge in [-0.25, -0.2) is 4.98 Å². The van der Waals surface area contributed by atoms with Gasteiger partial charge < -0.3 is 15.0 Å². The number of imidazole rings is 1. The van der Waals surface area contributed by atoms with Crippen molar-refractivity contribution in [2.75, 3.05) is 6.54 Å². The number of aromatic nitrogens is 2. The van der Waals surface area contributed by atoms with Crippen LogP contribution < -0.4 is 5.32 Å². The minimum atomic E-state index is -0.495. The van der Waals surface area contributed by atoms with Crippen molar-refractivity contribution in [2.45, 2.75) is 38.5 Å². The molecule has 0 bridgehead atoms. The van der Waals surface area contributed by atoms with Gasteiger partial charge >= 0.3 is 0 Å². The Morgan fingerprint density at radius 2 is 1.75 bits per heavy atom. The van der Waals surface area contributed by atoms with Gasteiger partial charge in [-0.1, -0.05) is 56.3 Å². The van der Waals surface area contributed by atoms with Crippen LogP contribution in [0.3, 0.4) is 0 Å². The van der Waals surface area contributed by atoms with Gasteiger partial charge in [0.05, 0.1) is 29.5 Å². The summed E-state index contributed by atoms with van der Waals surface area (Å²) in [5.41, 5.74) is 3.23. The molecule has 4 heteroatoms. The van der Waals surface area contributed by atoms with E-state index in [1.165, 1.54) is 5.56 Å². The van der Waals surface area contributed by atoms with Crippen LogP contribution in [0.15, 0.2) is 60.9 Å². The highest BCUT2D eigenvalue weighted by Gasteiger charge is 2.23. The number of para-hydroxylation sites is 2. The van der Waals surface area contributed by atoms with Gasteiger partial charge in [-0.05, 0) is 24.1 Å². The van der Waals surface area contributed by atoms with E-state index < -0.39 is 6.10 Å². The maximum atomic E-state index is 10.8. The molecule has 24 heavy (non-hydrogen) atoms. The SMILES string of the molecule is CC(C)NC[C@@H](O)[C@H](Cc1ccccc1)n1cnc2ccccc21. The van der Waals surface area contributed by atoms with Crippen LogP contribution in [0.2, 0.25) is 0 Å². The van der Waals surface area contributed by atoms with Crippen LogP contribution in [0.4, 0.5) is 0 Å². The molecule has 3 rings (SSSR count). The average Bonchev–Trinajstić information content (AvgIpc) is 3.02. The van der Waals surface area contributed by atoms with Gasteiger partial charge in [0.15, 0.2) is 0 Å². The van der Waals surface area contributed by atoms with E-state index in [0.29, 0.717) is 12.6 Å². The normalized spacial score (nSPS) is 14.2. The van der Waals surface area contributed by atoms with Crippen LogP contribution in [0, 0.1) is 0 Å². The zero-order valence-electron chi connectivity index (χ0n) is 14.3. The van der Waals surface area contributed by atoms with Crippen molar-refractivity contribution in [1.82, 2.24) is 14.9 Å². The monoisotopic (exact) mass is 323 g/mol. The van der Waals surface area contributed by atoms with Crippen LogP contribution >= 0.6 is 0 Å². The lowest BCUT2D eigenvalue weighted by Crippen LogP contribution is -2.38. The van der Waals surface area contributed by atoms with E-state index >= 15 is 0 Å². The number of nitrogens with one attached hydrogen (secondary N) is 1. The Hall–Kier alpha value is -2.17. The molecule has 1 heterocycles. The van der Waals surface area contributed by atoms with Crippen molar-refractivity contribution in [2.24, 2.45) is 0 Å². The van der Waals surface area contributed by atoms with Crippen LogP contribution in [0.1, 0.15) is 25.5 Å². The molecule has 126 valence electrons. The van der Waals surface area contributed by atoms with Gasteiger partial charge in [0.2, 0.25) is 0 Å². The second-order valence-electron chi connectivity index (χ2n) is 6.53. The van der Waals surface area contributed by atoms with E-state index in [-0.39, 0.29) is 6.04 Å². The first-order valence-corrected chi connectivity index (χ1v) is 8.52. The molecule has 0 fully saturated rings. The second kappa shape index (κ2) is 7.60. The maximum Gasteiger partial charge on any atom is 0.0961 e. The quantitative estimate of drug-likeness (QED) is 0.702. The summed E-state index contributed by atoms with van der Waals surface area (Å²) in [4.78, 5) is 4.49. The number of rotatable bonds is 7. The largest absolute Gasteiger partial charge is 0.390 e. The summed E-state index contributed by atoms with van der Waals surface area (Å²) in [6.45, 7) is 4.73. The van der Waals surface area contributed by atoms with Crippen LogP contribution in [-0.4, -0.2) is 33.3 Å². The molecular weight excluding hydrogens is 298 g/mol. The molecule has 0 saturated carbocycles. The summed E-state index contributed by atoms with van der Waals surface area (Å²) in [6, 6.07) is 18.6. The first kappa shape index (κ1) is 16.7. The van der Waals surface area contributed by atoms with Crippen LogP contribution in [0.5, 0.6) is 0 Å². The Morgan fingerprint density at radius 1 is 1.04 bits per heavy atom. The third-order valence-electron chi connectivity index (χ3n) is 4.31. The van der Waals surface area contributed by atoms with Crippen molar-refractivity contribution in [3.63, 3.8) is 0 Å². The highest BCUT2D eigenvalue weighted by atomic mass is 16.3. The summed E-state index contributed by atoms with van der Waals surface area (Å²) >= 11 is 0. The van der Waals surface area contributed by atoms with Gasteiger partial charge in [-0.2, -0.15) is 0 Å². The molecule has 0 saturated heterocycles. The van der Waals surface area contributed by atoms with Crippen molar-refractivity contribution >= 4 is 11.0 Å². The Morgan fingerprint density at radius 3 is 2.50 bits per heavy atom. The molecule has 4 nitrogen and oxygen atoms in total. The highest BCUT2D eigenvalue weighted by Crippen LogP contribution is 2.24. The number of aliphatic hydroxyl groups is 1. The van der Waals surface area contributed by atoms with Gasteiger partial charge in [-0.3, -0.25) is 0 Å². The molecule has 0 aliphatic rings. The lowest BCUT2D eigenvalue weighted by Gasteiger charge is -2.26. The lowest BCUT2D eigenvalue weighted by atomic mass is 10.0. The van der Waals surface area contributed by atoms with Crippen molar-refractivity contribution in [3.8, 4) is 0 Å². The Labute approximate surface area is 143 Å². The summed E-state index contributed by atoms with van der Waals surface area (Å²) in [6.07, 6.45) is 2.11. The third kappa shape index (κ3) is 3.83. The van der Waals surface area contributed by atoms with E-state index in [1.807, 2.05) is 42.7 Å². The summed E-state index contributed by atoms with van der Waals surface area (Å²) in [5.74, 6) is 0. The molecule has 1 aromatic heterocycles. The molecule has 2 aromatic carbocycles. The fourth-order valence-electron chi connectivity index (χ4n) is 3.01. The van der Waals surface area contributed by atoms with E-state index in [0.717, 1.165) is 17.5 Å². The Balaban J connectivity index is 1.91. The zero-order valence-corrected chi connectivity index (χ0v) is 14.3. The number of fused-ring (bicyclic) bond motifs is 1. The third-order valence-corrected chi connectivity index (χ3v) is 4.31. The Kier molecular flexibility index (Phi) is 5.28. The average molecular weight is 323 g/mol. The van der Waals surface area contributed by atoms with E-state index in [4.69, 9.17) is 0 Å².